The predicted molar refractivity (Wildman–Crippen MR) is 130 cm³/mol. The molecule has 4 rings (SSSR count). The summed E-state index contributed by atoms with van der Waals surface area (Å²) in [7, 11) is 1.56. The number of ether oxygens (including phenoxy) is 2. The minimum atomic E-state index is -0.312. The lowest BCUT2D eigenvalue weighted by molar-refractivity contribution is 0.0940. The Hall–Kier alpha value is -3.22. The number of thiophene rings is 1. The van der Waals surface area contributed by atoms with Gasteiger partial charge in [0.15, 0.2) is 0 Å². The molecule has 4 aromatic rings. The van der Waals surface area contributed by atoms with Gasteiger partial charge in [-0.2, -0.15) is 0 Å². The molecule has 1 amide bonds. The van der Waals surface area contributed by atoms with Gasteiger partial charge in [0.05, 0.1) is 23.2 Å². The van der Waals surface area contributed by atoms with Gasteiger partial charge in [-0.05, 0) is 50.1 Å². The van der Waals surface area contributed by atoms with E-state index in [4.69, 9.17) is 14.5 Å². The van der Waals surface area contributed by atoms with Crippen LogP contribution in [-0.2, 0) is 4.74 Å². The van der Waals surface area contributed by atoms with Gasteiger partial charge in [0.2, 0.25) is 0 Å². The molecule has 6 heteroatoms. The molecule has 0 unspecified atom stereocenters. The van der Waals surface area contributed by atoms with Crippen molar-refractivity contribution in [3.8, 4) is 5.75 Å². The van der Waals surface area contributed by atoms with Crippen LogP contribution in [0.1, 0.15) is 45.1 Å². The first kappa shape index (κ1) is 22.0. The molecule has 0 aliphatic carbocycles. The zero-order chi connectivity index (χ0) is 22.7. The van der Waals surface area contributed by atoms with Crippen molar-refractivity contribution in [2.45, 2.75) is 26.9 Å². The number of rotatable bonds is 7. The normalized spacial score (nSPS) is 12.0. The lowest BCUT2D eigenvalue weighted by Gasteiger charge is -2.19. The summed E-state index contributed by atoms with van der Waals surface area (Å²) in [6.07, 6.45) is -0.312. The van der Waals surface area contributed by atoms with E-state index in [-0.39, 0.29) is 12.0 Å². The molecule has 164 valence electrons. The number of carbonyl (C=O) groups excluding carboxylic acids is 1. The van der Waals surface area contributed by atoms with Crippen LogP contribution in [0.2, 0.25) is 0 Å². The number of aryl methyl sites for hydroxylation is 2. The van der Waals surface area contributed by atoms with Crippen LogP contribution in [-0.4, -0.2) is 24.6 Å². The zero-order valence-electron chi connectivity index (χ0n) is 18.6. The predicted octanol–water partition coefficient (Wildman–Crippen LogP) is 6.30. The Morgan fingerprint density at radius 3 is 2.53 bits per heavy atom. The van der Waals surface area contributed by atoms with Gasteiger partial charge in [0, 0.05) is 17.7 Å². The molecule has 2 aromatic heterocycles. The number of anilines is 1. The van der Waals surface area contributed by atoms with Crippen LogP contribution < -0.4 is 10.1 Å². The van der Waals surface area contributed by atoms with Crippen LogP contribution in [0.25, 0.3) is 10.2 Å². The van der Waals surface area contributed by atoms with Crippen molar-refractivity contribution in [1.29, 1.82) is 0 Å². The fourth-order valence-electron chi connectivity index (χ4n) is 3.90. The van der Waals surface area contributed by atoms with E-state index >= 15 is 0 Å². The lowest BCUT2D eigenvalue weighted by Crippen LogP contribution is -2.15. The molecule has 0 aliphatic rings. The van der Waals surface area contributed by atoms with E-state index in [1.54, 1.807) is 30.6 Å². The third-order valence-corrected chi connectivity index (χ3v) is 6.41. The number of pyridine rings is 1. The Kier molecular flexibility index (Phi) is 6.53. The first-order chi connectivity index (χ1) is 15.5. The van der Waals surface area contributed by atoms with Crippen molar-refractivity contribution >= 4 is 33.1 Å². The number of hydrogen-bond acceptors (Lipinski definition) is 5. The monoisotopic (exact) mass is 446 g/mol. The maximum atomic E-state index is 13.3. The molecule has 1 N–H and O–H groups in total. The second-order valence-electron chi connectivity index (χ2n) is 7.50. The maximum absolute atomic E-state index is 13.3. The highest BCUT2D eigenvalue weighted by atomic mass is 32.1. The maximum Gasteiger partial charge on any atom is 0.259 e. The van der Waals surface area contributed by atoms with Gasteiger partial charge in [-0.3, -0.25) is 4.79 Å². The van der Waals surface area contributed by atoms with Crippen LogP contribution in [0.4, 0.5) is 5.69 Å². The number of methoxy groups -OCH3 is 1. The molecule has 0 radical (unpaired) electrons. The van der Waals surface area contributed by atoms with Gasteiger partial charge in [-0.1, -0.05) is 42.5 Å². The third-order valence-electron chi connectivity index (χ3n) is 5.28. The number of para-hydroxylation sites is 1. The summed E-state index contributed by atoms with van der Waals surface area (Å²) in [6, 6.07) is 19.3. The summed E-state index contributed by atoms with van der Waals surface area (Å²) in [5.41, 5.74) is 4.26. The number of benzene rings is 2. The Labute approximate surface area is 192 Å². The number of nitrogens with zero attached hydrogens (tertiary/aromatic N) is 1. The molecule has 0 saturated heterocycles. The summed E-state index contributed by atoms with van der Waals surface area (Å²) in [5.74, 6) is 0.299. The van der Waals surface area contributed by atoms with Crippen molar-refractivity contribution in [1.82, 2.24) is 4.98 Å². The second-order valence-corrected chi connectivity index (χ2v) is 8.53. The van der Waals surface area contributed by atoms with Crippen LogP contribution >= 0.6 is 11.3 Å². The highest BCUT2D eigenvalue weighted by molar-refractivity contribution is 7.19. The standard InChI is InChI=1S/C26H26N2O3S/c1-5-31-23(18-11-7-6-8-12-18)24-22(21-16(2)15-17(3)27-26(21)32-24)28-25(29)19-13-9-10-14-20(19)30-4/h6-15,23H,5H2,1-4H3,(H,28,29)/t23-/m0/s1. The van der Waals surface area contributed by atoms with Gasteiger partial charge in [0.1, 0.15) is 16.7 Å². The van der Waals surface area contributed by atoms with Crippen LogP contribution in [0.5, 0.6) is 5.75 Å². The van der Waals surface area contributed by atoms with Crippen molar-refractivity contribution < 1.29 is 14.3 Å². The first-order valence-corrected chi connectivity index (χ1v) is 11.4. The van der Waals surface area contributed by atoms with Gasteiger partial charge >= 0.3 is 0 Å². The molecular weight excluding hydrogens is 420 g/mol. The first-order valence-electron chi connectivity index (χ1n) is 10.5. The summed E-state index contributed by atoms with van der Waals surface area (Å²) in [4.78, 5) is 19.9. The molecular formula is C26H26N2O3S. The van der Waals surface area contributed by atoms with E-state index in [0.29, 0.717) is 17.9 Å². The highest BCUT2D eigenvalue weighted by Crippen LogP contribution is 2.44. The zero-order valence-corrected chi connectivity index (χ0v) is 19.5. The highest BCUT2D eigenvalue weighted by Gasteiger charge is 2.26. The Bertz CT molecular complexity index is 1250. The molecule has 0 spiro atoms. The Morgan fingerprint density at radius 2 is 1.81 bits per heavy atom. The number of amides is 1. The Morgan fingerprint density at radius 1 is 1.09 bits per heavy atom. The second kappa shape index (κ2) is 9.51. The van der Waals surface area contributed by atoms with Gasteiger partial charge in [-0.15, -0.1) is 11.3 Å². The summed E-state index contributed by atoms with van der Waals surface area (Å²) in [5, 5.41) is 4.11. The smallest absolute Gasteiger partial charge is 0.259 e. The Balaban J connectivity index is 1.89. The SMILES string of the molecule is CCO[C@@H](c1ccccc1)c1sc2nc(C)cc(C)c2c1NC(=O)c1ccccc1OC. The van der Waals surface area contributed by atoms with E-state index in [9.17, 15) is 4.79 Å². The lowest BCUT2D eigenvalue weighted by atomic mass is 10.0. The third kappa shape index (κ3) is 4.24. The molecule has 5 nitrogen and oxygen atoms in total. The van der Waals surface area contributed by atoms with Gasteiger partial charge < -0.3 is 14.8 Å². The fraction of sp³-hybridized carbons (Fsp3) is 0.231. The summed E-state index contributed by atoms with van der Waals surface area (Å²) >= 11 is 1.56. The molecule has 1 atom stereocenters. The topological polar surface area (TPSA) is 60.5 Å². The van der Waals surface area contributed by atoms with Crippen molar-refractivity contribution in [2.24, 2.45) is 0 Å². The number of carbonyl (C=O) groups is 1. The minimum Gasteiger partial charge on any atom is -0.496 e. The van der Waals surface area contributed by atoms with Crippen LogP contribution in [0.3, 0.4) is 0 Å². The van der Waals surface area contributed by atoms with E-state index in [0.717, 1.165) is 37.6 Å². The summed E-state index contributed by atoms with van der Waals surface area (Å²) in [6.45, 7) is 6.55. The van der Waals surface area contributed by atoms with Gasteiger partial charge in [-0.25, -0.2) is 4.98 Å². The van der Waals surface area contributed by atoms with Crippen molar-refractivity contribution in [2.75, 3.05) is 19.0 Å². The fourth-order valence-corrected chi connectivity index (χ4v) is 5.23. The molecule has 0 aliphatic heterocycles. The minimum absolute atomic E-state index is 0.230. The number of aromatic nitrogens is 1. The number of hydrogen-bond donors (Lipinski definition) is 1. The van der Waals surface area contributed by atoms with E-state index < -0.39 is 0 Å². The largest absolute Gasteiger partial charge is 0.496 e. The van der Waals surface area contributed by atoms with E-state index in [1.807, 2.05) is 69.3 Å². The average molecular weight is 447 g/mol. The quantitative estimate of drug-likeness (QED) is 0.362. The van der Waals surface area contributed by atoms with Gasteiger partial charge in [0.25, 0.3) is 5.91 Å². The summed E-state index contributed by atoms with van der Waals surface area (Å²) < 4.78 is 11.6. The number of nitrogens with one attached hydrogen (secondary N) is 1. The van der Waals surface area contributed by atoms with Crippen molar-refractivity contribution in [3.05, 3.63) is 87.9 Å². The molecule has 0 bridgehead atoms. The molecule has 2 aromatic carbocycles. The van der Waals surface area contributed by atoms with Crippen LogP contribution in [0.15, 0.2) is 60.7 Å². The molecule has 0 fully saturated rings. The van der Waals surface area contributed by atoms with E-state index in [2.05, 4.69) is 5.32 Å². The van der Waals surface area contributed by atoms with Crippen LogP contribution in [0, 0.1) is 13.8 Å². The molecule has 32 heavy (non-hydrogen) atoms. The van der Waals surface area contributed by atoms with E-state index in [1.165, 1.54) is 0 Å². The number of fused-ring (bicyclic) bond motifs is 1. The molecule has 2 heterocycles. The molecule has 0 saturated carbocycles. The van der Waals surface area contributed by atoms with Crippen molar-refractivity contribution in [3.63, 3.8) is 0 Å². The average Bonchev–Trinajstić information content (AvgIpc) is 3.15.